The molecule has 0 spiro atoms. The smallest absolute Gasteiger partial charge is 0.119 e. The summed E-state index contributed by atoms with van der Waals surface area (Å²) in [7, 11) is 3.40. The molecule has 0 heterocycles. The Labute approximate surface area is 550 Å². The average Bonchev–Trinajstić information content (AvgIpc) is 1.14. The van der Waals surface area contributed by atoms with Crippen LogP contribution in [0.15, 0.2) is 328 Å². The van der Waals surface area contributed by atoms with E-state index in [9.17, 15) is 0 Å². The van der Waals surface area contributed by atoms with Gasteiger partial charge < -0.3 is 38.5 Å². The lowest BCUT2D eigenvalue weighted by Crippen LogP contribution is -2.10. The lowest BCUT2D eigenvalue weighted by atomic mass is 10.0. The van der Waals surface area contributed by atoms with Crippen molar-refractivity contribution in [3.63, 3.8) is 0 Å². The highest BCUT2D eigenvalue weighted by Crippen LogP contribution is 2.45. The van der Waals surface area contributed by atoms with Crippen LogP contribution >= 0.6 is 0 Å². The summed E-state index contributed by atoms with van der Waals surface area (Å²) in [6.07, 6.45) is 0. The number of ether oxygens (including phenoxy) is 4. The van der Waals surface area contributed by atoms with Gasteiger partial charge in [0, 0.05) is 67.6 Å². The van der Waals surface area contributed by atoms with Gasteiger partial charge in [0.15, 0.2) is 0 Å². The molecule has 0 N–H and O–H groups in total. The van der Waals surface area contributed by atoms with Crippen molar-refractivity contribution in [2.75, 3.05) is 47.0 Å². The zero-order chi connectivity index (χ0) is 63.7. The SMILES string of the molecule is CCOc1ccc(N(c2ccc(-c3ccc(N(c4ccc(OC)cc4)c4ccc(-c5ccc(N(c6ccc(OC)cc6)c6ccc(-c7ccc(N(c8ccc(OCC)cc8)c8cccc9ccccc89)cc7)cc6)cc5)cc4)cc3)cc2)c2cccc3ccccc23)cc1. The Morgan fingerprint density at radius 1 is 0.213 bits per heavy atom. The van der Waals surface area contributed by atoms with Gasteiger partial charge in [0.05, 0.1) is 38.8 Å². The predicted molar refractivity (Wildman–Crippen MR) is 392 cm³/mol. The van der Waals surface area contributed by atoms with Crippen LogP contribution in [0.25, 0.3) is 54.9 Å². The van der Waals surface area contributed by atoms with E-state index in [1.807, 2.05) is 62.4 Å². The third-order valence-electron chi connectivity index (χ3n) is 17.2. The van der Waals surface area contributed by atoms with E-state index < -0.39 is 0 Å². The summed E-state index contributed by atoms with van der Waals surface area (Å²) < 4.78 is 22.9. The lowest BCUT2D eigenvalue weighted by Gasteiger charge is -2.27. The van der Waals surface area contributed by atoms with Gasteiger partial charge in [-0.25, -0.2) is 0 Å². The molecular weight excluding hydrogens is 1150 g/mol. The van der Waals surface area contributed by atoms with Crippen molar-refractivity contribution < 1.29 is 18.9 Å². The van der Waals surface area contributed by atoms with Gasteiger partial charge in [-0.3, -0.25) is 0 Å². The highest BCUT2D eigenvalue weighted by atomic mass is 16.5. The Hall–Kier alpha value is -12.0. The summed E-state index contributed by atoms with van der Waals surface area (Å²) in [5, 5.41) is 4.73. The first-order chi connectivity index (χ1) is 46.4. The maximum absolute atomic E-state index is 5.83. The van der Waals surface area contributed by atoms with Gasteiger partial charge in [-0.1, -0.05) is 146 Å². The van der Waals surface area contributed by atoms with Gasteiger partial charge in [0.2, 0.25) is 0 Å². The quantitative estimate of drug-likeness (QED) is 0.0705. The Balaban J connectivity index is 0.718. The summed E-state index contributed by atoms with van der Waals surface area (Å²) in [6, 6.07) is 116. The minimum atomic E-state index is 0.617. The molecule has 0 aromatic heterocycles. The molecule has 0 fully saturated rings. The molecule has 8 nitrogen and oxygen atoms in total. The molecule has 14 rings (SSSR count). The monoisotopic (exact) mass is 1220 g/mol. The second kappa shape index (κ2) is 27.2. The van der Waals surface area contributed by atoms with Gasteiger partial charge in [0.25, 0.3) is 0 Å². The molecule has 0 saturated carbocycles. The number of fused-ring (bicyclic) bond motifs is 2. The molecule has 14 aromatic rings. The second-order valence-electron chi connectivity index (χ2n) is 22.9. The van der Waals surface area contributed by atoms with Crippen LogP contribution in [0.2, 0.25) is 0 Å². The van der Waals surface area contributed by atoms with Crippen molar-refractivity contribution in [1.29, 1.82) is 0 Å². The molecule has 0 saturated heterocycles. The van der Waals surface area contributed by atoms with Crippen LogP contribution in [0.1, 0.15) is 13.8 Å². The molecule has 0 bridgehead atoms. The van der Waals surface area contributed by atoms with Crippen LogP contribution < -0.4 is 38.5 Å². The topological polar surface area (TPSA) is 49.9 Å². The van der Waals surface area contributed by atoms with Crippen molar-refractivity contribution in [2.45, 2.75) is 13.8 Å². The fourth-order valence-corrected chi connectivity index (χ4v) is 12.6. The van der Waals surface area contributed by atoms with Crippen LogP contribution in [0.3, 0.4) is 0 Å². The van der Waals surface area contributed by atoms with E-state index in [-0.39, 0.29) is 0 Å². The summed E-state index contributed by atoms with van der Waals surface area (Å²) in [5.41, 5.74) is 19.3. The van der Waals surface area contributed by atoms with Gasteiger partial charge in [-0.2, -0.15) is 0 Å². The molecule has 0 atom stereocenters. The van der Waals surface area contributed by atoms with Crippen LogP contribution in [0.5, 0.6) is 23.0 Å². The van der Waals surface area contributed by atoms with Gasteiger partial charge in [-0.15, -0.1) is 0 Å². The van der Waals surface area contributed by atoms with Crippen LogP contribution in [0.4, 0.5) is 68.2 Å². The number of hydrogen-bond acceptors (Lipinski definition) is 8. The van der Waals surface area contributed by atoms with Crippen molar-refractivity contribution in [2.24, 2.45) is 0 Å². The minimum Gasteiger partial charge on any atom is -0.497 e. The fraction of sp³-hybridized carbons (Fsp3) is 0.0698. The zero-order valence-corrected chi connectivity index (χ0v) is 53.0. The molecule has 0 aliphatic rings. The number of nitrogens with zero attached hydrogens (tertiary/aromatic N) is 4. The first kappa shape index (κ1) is 59.6. The molecule has 94 heavy (non-hydrogen) atoms. The third-order valence-corrected chi connectivity index (χ3v) is 17.2. The van der Waals surface area contributed by atoms with Crippen LogP contribution in [0, 0.1) is 0 Å². The minimum absolute atomic E-state index is 0.617. The van der Waals surface area contributed by atoms with Crippen molar-refractivity contribution >= 4 is 89.8 Å². The van der Waals surface area contributed by atoms with E-state index in [0.717, 1.165) is 125 Å². The lowest BCUT2D eigenvalue weighted by molar-refractivity contribution is 0.340. The summed E-state index contributed by atoms with van der Waals surface area (Å²) >= 11 is 0. The first-order valence-electron chi connectivity index (χ1n) is 31.9. The Morgan fingerprint density at radius 2 is 0.426 bits per heavy atom. The predicted octanol–water partition coefficient (Wildman–Crippen LogP) is 23.7. The Kier molecular flexibility index (Phi) is 17.3. The number of benzene rings is 14. The van der Waals surface area contributed by atoms with Crippen molar-refractivity contribution in [3.05, 3.63) is 328 Å². The summed E-state index contributed by atoms with van der Waals surface area (Å²) in [5.74, 6) is 3.30. The third kappa shape index (κ3) is 12.5. The number of rotatable bonds is 21. The van der Waals surface area contributed by atoms with Crippen molar-refractivity contribution in [3.8, 4) is 56.4 Å². The summed E-state index contributed by atoms with van der Waals surface area (Å²) in [4.78, 5) is 9.22. The van der Waals surface area contributed by atoms with E-state index in [0.29, 0.717) is 13.2 Å². The molecule has 0 aliphatic carbocycles. The molecule has 8 heteroatoms. The summed E-state index contributed by atoms with van der Waals surface area (Å²) in [6.45, 7) is 5.25. The van der Waals surface area contributed by atoms with E-state index in [1.165, 1.54) is 21.5 Å². The zero-order valence-electron chi connectivity index (χ0n) is 53.0. The highest BCUT2D eigenvalue weighted by molar-refractivity contribution is 6.00. The van der Waals surface area contributed by atoms with Crippen molar-refractivity contribution in [1.82, 2.24) is 0 Å². The molecule has 0 unspecified atom stereocenters. The fourth-order valence-electron chi connectivity index (χ4n) is 12.6. The average molecular weight is 1220 g/mol. The number of hydrogen-bond donors (Lipinski definition) is 0. The first-order valence-corrected chi connectivity index (χ1v) is 31.9. The molecule has 458 valence electrons. The number of anilines is 12. The maximum Gasteiger partial charge on any atom is 0.119 e. The van der Waals surface area contributed by atoms with Gasteiger partial charge >= 0.3 is 0 Å². The van der Waals surface area contributed by atoms with Crippen LogP contribution in [-0.4, -0.2) is 27.4 Å². The van der Waals surface area contributed by atoms with Gasteiger partial charge in [-0.05, 0) is 240 Å². The molecular formula is C86H70N4O4. The molecule has 0 aliphatic heterocycles. The molecule has 0 amide bonds. The largest absolute Gasteiger partial charge is 0.497 e. The van der Waals surface area contributed by atoms with Crippen LogP contribution in [-0.2, 0) is 0 Å². The normalized spacial score (nSPS) is 11.1. The second-order valence-corrected chi connectivity index (χ2v) is 22.9. The van der Waals surface area contributed by atoms with Gasteiger partial charge in [0.1, 0.15) is 23.0 Å². The Morgan fingerprint density at radius 3 is 0.670 bits per heavy atom. The van der Waals surface area contributed by atoms with E-state index in [1.54, 1.807) is 14.2 Å². The molecule has 14 aromatic carbocycles. The van der Waals surface area contributed by atoms with E-state index >= 15 is 0 Å². The Bertz CT molecular complexity index is 4510. The highest BCUT2D eigenvalue weighted by Gasteiger charge is 2.21. The maximum atomic E-state index is 5.83. The van der Waals surface area contributed by atoms with E-state index in [2.05, 4.69) is 299 Å². The van der Waals surface area contributed by atoms with E-state index in [4.69, 9.17) is 18.9 Å². The molecule has 0 radical (unpaired) electrons. The number of methoxy groups -OCH3 is 2. The standard InChI is InChI=1S/C86H70N4O4/c1-5-93-81-57-49-77(50-58-81)89(85-19-11-15-67-13-7-9-17-83(67)85)75-41-29-65(30-42-75)63-25-37-71(38-26-63)87(73-45-53-79(91-3)54-46-73)69-33-21-61(22-34-69)62-23-35-70(36-24-62)88(74-47-55-80(92-4)56-48-74)72-39-27-64(28-40-72)66-31-43-76(44-32-66)90(78-51-59-82(60-52-78)94-6-2)86-20-12-16-68-14-8-10-18-84(68)86/h7-60H,5-6H2,1-4H3.